The van der Waals surface area contributed by atoms with Crippen LogP contribution in [-0.2, 0) is 0 Å². The Balaban J connectivity index is 1.99. The van der Waals surface area contributed by atoms with E-state index in [1.807, 2.05) is 36.4 Å². The summed E-state index contributed by atoms with van der Waals surface area (Å²) in [4.78, 5) is 0. The zero-order valence-corrected chi connectivity index (χ0v) is 15.1. The fourth-order valence-electron chi connectivity index (χ4n) is 2.27. The van der Waals surface area contributed by atoms with Crippen LogP contribution in [0.2, 0.25) is 5.02 Å². The van der Waals surface area contributed by atoms with Gasteiger partial charge in [-0.05, 0) is 48.1 Å². The Labute approximate surface area is 154 Å². The Morgan fingerprint density at radius 2 is 1.92 bits per heavy atom. The van der Waals surface area contributed by atoms with Gasteiger partial charge in [0.1, 0.15) is 0 Å². The van der Waals surface area contributed by atoms with E-state index in [4.69, 9.17) is 33.3 Å². The van der Waals surface area contributed by atoms with E-state index in [1.54, 1.807) is 26.5 Å². The summed E-state index contributed by atoms with van der Waals surface area (Å²) in [7, 11) is 3.17. The van der Waals surface area contributed by atoms with Crippen molar-refractivity contribution in [1.82, 2.24) is 14.9 Å². The van der Waals surface area contributed by atoms with Crippen molar-refractivity contribution >= 4 is 30.0 Å². The highest BCUT2D eigenvalue weighted by Crippen LogP contribution is 2.28. The molecule has 6 nitrogen and oxygen atoms in total. The van der Waals surface area contributed by atoms with Gasteiger partial charge in [0.05, 0.1) is 25.5 Å². The van der Waals surface area contributed by atoms with E-state index in [-0.39, 0.29) is 0 Å². The summed E-state index contributed by atoms with van der Waals surface area (Å²) < 4.78 is 12.4. The van der Waals surface area contributed by atoms with Gasteiger partial charge in [-0.15, -0.1) is 0 Å². The van der Waals surface area contributed by atoms with E-state index in [0.29, 0.717) is 27.1 Å². The molecule has 0 aliphatic heterocycles. The Hall–Kier alpha value is -2.64. The minimum atomic E-state index is 0.367. The molecular formula is C17H15ClN4O2S. The van der Waals surface area contributed by atoms with Crippen molar-refractivity contribution in [2.24, 2.45) is 5.10 Å². The van der Waals surface area contributed by atoms with Gasteiger partial charge in [0.25, 0.3) is 0 Å². The monoisotopic (exact) mass is 374 g/mol. The summed E-state index contributed by atoms with van der Waals surface area (Å²) in [5.74, 6) is 1.80. The minimum absolute atomic E-state index is 0.367. The zero-order valence-electron chi connectivity index (χ0n) is 13.6. The number of nitrogens with zero attached hydrogens (tertiary/aromatic N) is 3. The predicted molar refractivity (Wildman–Crippen MR) is 100 cm³/mol. The molecule has 1 N–H and O–H groups in total. The van der Waals surface area contributed by atoms with Gasteiger partial charge in [0.15, 0.2) is 17.3 Å². The molecule has 0 unspecified atom stereocenters. The second-order valence-corrected chi connectivity index (χ2v) is 5.80. The Bertz CT molecular complexity index is 981. The maximum absolute atomic E-state index is 6.25. The van der Waals surface area contributed by atoms with Gasteiger partial charge >= 0.3 is 0 Å². The first-order valence-corrected chi connectivity index (χ1v) is 8.11. The second-order valence-electron chi connectivity index (χ2n) is 5.00. The van der Waals surface area contributed by atoms with Gasteiger partial charge in [-0.25, -0.2) is 5.10 Å². The fourth-order valence-corrected chi connectivity index (χ4v) is 2.67. The summed E-state index contributed by atoms with van der Waals surface area (Å²) in [6.07, 6.45) is 1.66. The number of nitrogens with one attached hydrogen (secondary N) is 1. The molecule has 0 radical (unpaired) electrons. The van der Waals surface area contributed by atoms with Gasteiger partial charge < -0.3 is 9.47 Å². The number of hydrogen-bond acceptors (Lipinski definition) is 5. The molecule has 0 spiro atoms. The number of rotatable bonds is 5. The average Bonchev–Trinajstić information content (AvgIpc) is 3.00. The third-order valence-electron chi connectivity index (χ3n) is 3.50. The summed E-state index contributed by atoms with van der Waals surface area (Å²) in [6.45, 7) is 0. The first kappa shape index (κ1) is 17.2. The van der Waals surface area contributed by atoms with Gasteiger partial charge in [-0.3, -0.25) is 0 Å². The average molecular weight is 375 g/mol. The lowest BCUT2D eigenvalue weighted by molar-refractivity contribution is 0.355. The normalized spacial score (nSPS) is 11.0. The van der Waals surface area contributed by atoms with Crippen LogP contribution in [0.15, 0.2) is 47.6 Å². The number of halogens is 1. The Morgan fingerprint density at radius 3 is 2.64 bits per heavy atom. The first-order valence-electron chi connectivity index (χ1n) is 7.32. The molecule has 3 rings (SSSR count). The van der Waals surface area contributed by atoms with Crippen molar-refractivity contribution in [2.75, 3.05) is 14.2 Å². The van der Waals surface area contributed by atoms with E-state index < -0.39 is 0 Å². The lowest BCUT2D eigenvalue weighted by atomic mass is 10.2. The molecule has 3 aromatic rings. The molecule has 0 amide bonds. The maximum atomic E-state index is 6.25. The molecule has 0 bridgehead atoms. The quantitative estimate of drug-likeness (QED) is 0.538. The summed E-state index contributed by atoms with van der Waals surface area (Å²) in [5, 5.41) is 12.0. The van der Waals surface area contributed by atoms with E-state index >= 15 is 0 Å². The third-order valence-corrected chi connectivity index (χ3v) is 4.09. The Kier molecular flexibility index (Phi) is 5.16. The van der Waals surface area contributed by atoms with E-state index in [2.05, 4.69) is 15.3 Å². The molecule has 25 heavy (non-hydrogen) atoms. The second kappa shape index (κ2) is 7.50. The van der Waals surface area contributed by atoms with Crippen LogP contribution < -0.4 is 9.47 Å². The number of methoxy groups -OCH3 is 2. The number of H-pyrrole nitrogens is 1. The number of aromatic amines is 1. The van der Waals surface area contributed by atoms with Crippen LogP contribution in [0.25, 0.3) is 11.4 Å². The molecule has 128 valence electrons. The van der Waals surface area contributed by atoms with Gasteiger partial charge in [0.2, 0.25) is 4.77 Å². The van der Waals surface area contributed by atoms with Gasteiger partial charge in [-0.2, -0.15) is 14.9 Å². The molecular weight excluding hydrogens is 360 g/mol. The zero-order chi connectivity index (χ0) is 17.8. The van der Waals surface area contributed by atoms with Crippen LogP contribution in [0.3, 0.4) is 0 Å². The summed E-state index contributed by atoms with van der Waals surface area (Å²) in [6, 6.07) is 12.9. The Morgan fingerprint density at radius 1 is 1.16 bits per heavy atom. The number of benzene rings is 2. The largest absolute Gasteiger partial charge is 0.493 e. The van der Waals surface area contributed by atoms with Crippen LogP contribution in [0.4, 0.5) is 0 Å². The number of aromatic nitrogens is 3. The van der Waals surface area contributed by atoms with Crippen LogP contribution in [-0.4, -0.2) is 35.3 Å². The number of ether oxygens (including phenoxy) is 2. The van der Waals surface area contributed by atoms with Crippen LogP contribution in [0.5, 0.6) is 11.5 Å². The SMILES string of the molecule is COc1ccc(/C=N/n2c(-c3ccccc3Cl)n[nH]c2=S)cc1OC. The lowest BCUT2D eigenvalue weighted by Gasteiger charge is -2.07. The minimum Gasteiger partial charge on any atom is -0.493 e. The molecule has 0 aliphatic carbocycles. The van der Waals surface area contributed by atoms with Gasteiger partial charge in [-0.1, -0.05) is 23.7 Å². The highest BCUT2D eigenvalue weighted by Gasteiger charge is 2.11. The molecule has 0 fully saturated rings. The van der Waals surface area contributed by atoms with Gasteiger partial charge in [0, 0.05) is 5.56 Å². The lowest BCUT2D eigenvalue weighted by Crippen LogP contribution is -1.96. The van der Waals surface area contributed by atoms with Crippen molar-refractivity contribution in [2.45, 2.75) is 0 Å². The summed E-state index contributed by atoms with van der Waals surface area (Å²) in [5.41, 5.74) is 1.56. The molecule has 0 aliphatic rings. The molecule has 2 aromatic carbocycles. The molecule has 0 atom stereocenters. The molecule has 8 heteroatoms. The number of hydrogen-bond donors (Lipinski definition) is 1. The molecule has 0 saturated carbocycles. The maximum Gasteiger partial charge on any atom is 0.216 e. The molecule has 1 aromatic heterocycles. The van der Waals surface area contributed by atoms with E-state index in [9.17, 15) is 0 Å². The van der Waals surface area contributed by atoms with Crippen LogP contribution >= 0.6 is 23.8 Å². The smallest absolute Gasteiger partial charge is 0.216 e. The highest BCUT2D eigenvalue weighted by molar-refractivity contribution is 7.71. The van der Waals surface area contributed by atoms with Crippen molar-refractivity contribution in [3.8, 4) is 22.9 Å². The van der Waals surface area contributed by atoms with Crippen LogP contribution in [0.1, 0.15) is 5.56 Å². The fraction of sp³-hybridized carbons (Fsp3) is 0.118. The standard InChI is InChI=1S/C17H15ClN4O2S/c1-23-14-8-7-11(9-15(14)24-2)10-19-22-16(20-21-17(22)25)12-5-3-4-6-13(12)18/h3-10H,1-2H3,(H,21,25)/b19-10+. The first-order chi connectivity index (χ1) is 12.1. The molecule has 0 saturated heterocycles. The van der Waals surface area contributed by atoms with E-state index in [0.717, 1.165) is 11.1 Å². The van der Waals surface area contributed by atoms with E-state index in [1.165, 1.54) is 4.68 Å². The van der Waals surface area contributed by atoms with Crippen molar-refractivity contribution < 1.29 is 9.47 Å². The summed E-state index contributed by atoms with van der Waals surface area (Å²) >= 11 is 11.5. The third kappa shape index (κ3) is 3.57. The van der Waals surface area contributed by atoms with Crippen molar-refractivity contribution in [1.29, 1.82) is 0 Å². The van der Waals surface area contributed by atoms with Crippen LogP contribution in [0, 0.1) is 4.77 Å². The van der Waals surface area contributed by atoms with Crippen molar-refractivity contribution in [3.05, 3.63) is 57.8 Å². The molecule has 1 heterocycles. The topological polar surface area (TPSA) is 64.4 Å². The van der Waals surface area contributed by atoms with Crippen molar-refractivity contribution in [3.63, 3.8) is 0 Å². The predicted octanol–water partition coefficient (Wildman–Crippen LogP) is 4.16. The highest BCUT2D eigenvalue weighted by atomic mass is 35.5.